The van der Waals surface area contributed by atoms with Crippen molar-refractivity contribution in [1.29, 1.82) is 0 Å². The van der Waals surface area contributed by atoms with Gasteiger partial charge in [-0.2, -0.15) is 0 Å². The summed E-state index contributed by atoms with van der Waals surface area (Å²) in [5.41, 5.74) is 0.649. The standard InChI is InChI=1S/C24H16BrFN4O3/c1-28-17-7-4-5-16(20(31)22-27-21(25)18-6-2-3-12-29(18)22)19(17)23(32)30(24(28)33)13-14-8-10-15(26)11-9-14/h2-12H,13H2,1H3. The Morgan fingerprint density at radius 2 is 1.73 bits per heavy atom. The third-order valence-corrected chi connectivity index (χ3v) is 6.17. The van der Waals surface area contributed by atoms with Gasteiger partial charge in [-0.3, -0.25) is 23.1 Å². The molecule has 0 atom stereocenters. The van der Waals surface area contributed by atoms with Crippen molar-refractivity contribution in [3.05, 3.63) is 115 Å². The number of aryl methyl sites for hydroxylation is 1. The molecule has 0 saturated carbocycles. The van der Waals surface area contributed by atoms with Crippen LogP contribution in [0.2, 0.25) is 0 Å². The highest BCUT2D eigenvalue weighted by Gasteiger charge is 2.23. The largest absolute Gasteiger partial charge is 0.331 e. The van der Waals surface area contributed by atoms with E-state index in [0.29, 0.717) is 21.2 Å². The van der Waals surface area contributed by atoms with Gasteiger partial charge in [-0.25, -0.2) is 14.2 Å². The fourth-order valence-electron chi connectivity index (χ4n) is 3.93. The first-order chi connectivity index (χ1) is 15.9. The lowest BCUT2D eigenvalue weighted by atomic mass is 10.0. The Balaban J connectivity index is 1.74. The Hall–Kier alpha value is -3.85. The van der Waals surface area contributed by atoms with Crippen molar-refractivity contribution in [3.63, 3.8) is 0 Å². The Bertz CT molecular complexity index is 1680. The van der Waals surface area contributed by atoms with Crippen LogP contribution in [-0.4, -0.2) is 24.3 Å². The van der Waals surface area contributed by atoms with E-state index in [1.54, 1.807) is 41.9 Å². The molecule has 0 unspecified atom stereocenters. The molecular formula is C24H16BrFN4O3. The van der Waals surface area contributed by atoms with Gasteiger partial charge in [0, 0.05) is 18.8 Å². The van der Waals surface area contributed by atoms with E-state index in [1.807, 2.05) is 12.1 Å². The Labute approximate surface area is 194 Å². The molecule has 5 aromatic rings. The number of aromatic nitrogens is 4. The minimum Gasteiger partial charge on any atom is -0.296 e. The number of pyridine rings is 1. The molecule has 3 aromatic heterocycles. The molecule has 0 aliphatic rings. The van der Waals surface area contributed by atoms with Crippen molar-refractivity contribution in [2.24, 2.45) is 7.05 Å². The van der Waals surface area contributed by atoms with Crippen LogP contribution in [0, 0.1) is 5.82 Å². The van der Waals surface area contributed by atoms with Crippen molar-refractivity contribution in [2.75, 3.05) is 0 Å². The van der Waals surface area contributed by atoms with Gasteiger partial charge in [-0.1, -0.05) is 24.3 Å². The summed E-state index contributed by atoms with van der Waals surface area (Å²) in [5.74, 6) is -0.719. The molecule has 0 radical (unpaired) electrons. The predicted octanol–water partition coefficient (Wildman–Crippen LogP) is 3.53. The summed E-state index contributed by atoms with van der Waals surface area (Å²) in [7, 11) is 1.54. The van der Waals surface area contributed by atoms with E-state index >= 15 is 0 Å². The number of rotatable bonds is 4. The van der Waals surface area contributed by atoms with E-state index in [-0.39, 0.29) is 23.3 Å². The smallest absolute Gasteiger partial charge is 0.296 e. The molecule has 5 rings (SSSR count). The Morgan fingerprint density at radius 3 is 2.48 bits per heavy atom. The maximum absolute atomic E-state index is 13.6. The van der Waals surface area contributed by atoms with Gasteiger partial charge < -0.3 is 0 Å². The molecule has 0 fully saturated rings. The van der Waals surface area contributed by atoms with Crippen molar-refractivity contribution in [1.82, 2.24) is 18.5 Å². The van der Waals surface area contributed by atoms with Crippen LogP contribution in [-0.2, 0) is 13.6 Å². The van der Waals surface area contributed by atoms with E-state index in [9.17, 15) is 18.8 Å². The fourth-order valence-corrected chi connectivity index (χ4v) is 4.42. The highest BCUT2D eigenvalue weighted by atomic mass is 79.9. The lowest BCUT2D eigenvalue weighted by Gasteiger charge is -2.13. The molecule has 0 aliphatic heterocycles. The number of imidazole rings is 1. The van der Waals surface area contributed by atoms with Crippen LogP contribution >= 0.6 is 15.9 Å². The predicted molar refractivity (Wildman–Crippen MR) is 125 cm³/mol. The molecule has 0 amide bonds. The van der Waals surface area contributed by atoms with Crippen LogP contribution in [0.25, 0.3) is 16.4 Å². The minimum absolute atomic E-state index is 0.0535. The van der Waals surface area contributed by atoms with Gasteiger partial charge in [0.05, 0.1) is 23.0 Å². The van der Waals surface area contributed by atoms with Gasteiger partial charge in [-0.15, -0.1) is 0 Å². The maximum Gasteiger partial charge on any atom is 0.331 e. The van der Waals surface area contributed by atoms with Crippen LogP contribution in [0.3, 0.4) is 0 Å². The summed E-state index contributed by atoms with van der Waals surface area (Å²) in [4.78, 5) is 44.4. The third-order valence-electron chi connectivity index (χ3n) is 5.59. The number of hydrogen-bond acceptors (Lipinski definition) is 4. The normalized spacial score (nSPS) is 11.4. The second kappa shape index (κ2) is 7.93. The zero-order valence-electron chi connectivity index (χ0n) is 17.3. The molecule has 2 aromatic carbocycles. The molecule has 0 spiro atoms. The number of hydrogen-bond donors (Lipinski definition) is 0. The molecule has 164 valence electrons. The Morgan fingerprint density at radius 1 is 1.00 bits per heavy atom. The van der Waals surface area contributed by atoms with Crippen LogP contribution in [0.4, 0.5) is 4.39 Å². The number of benzene rings is 2. The molecule has 7 nitrogen and oxygen atoms in total. The summed E-state index contributed by atoms with van der Waals surface area (Å²) < 4.78 is 17.8. The van der Waals surface area contributed by atoms with Gasteiger partial charge in [0.2, 0.25) is 5.78 Å². The lowest BCUT2D eigenvalue weighted by Crippen LogP contribution is -2.40. The SMILES string of the molecule is Cn1c(=O)n(Cc2ccc(F)cc2)c(=O)c2c(C(=O)c3nc(Br)c4ccccn34)cccc21. The first kappa shape index (κ1) is 21.0. The van der Waals surface area contributed by atoms with Gasteiger partial charge in [0.15, 0.2) is 5.82 Å². The van der Waals surface area contributed by atoms with E-state index in [0.717, 1.165) is 4.57 Å². The molecule has 9 heteroatoms. The third kappa shape index (κ3) is 3.41. The van der Waals surface area contributed by atoms with E-state index < -0.39 is 22.8 Å². The van der Waals surface area contributed by atoms with Crippen LogP contribution in [0.15, 0.2) is 81.1 Å². The van der Waals surface area contributed by atoms with Gasteiger partial charge >= 0.3 is 5.69 Å². The molecule has 3 heterocycles. The maximum atomic E-state index is 13.6. The molecule has 33 heavy (non-hydrogen) atoms. The zero-order valence-corrected chi connectivity index (χ0v) is 18.9. The summed E-state index contributed by atoms with van der Waals surface area (Å²) >= 11 is 3.38. The quantitative estimate of drug-likeness (QED) is 0.349. The van der Waals surface area contributed by atoms with Crippen molar-refractivity contribution in [2.45, 2.75) is 6.54 Å². The number of ketones is 1. The van der Waals surface area contributed by atoms with Crippen molar-refractivity contribution in [3.8, 4) is 0 Å². The number of fused-ring (bicyclic) bond motifs is 2. The van der Waals surface area contributed by atoms with Crippen LogP contribution < -0.4 is 11.2 Å². The van der Waals surface area contributed by atoms with Gasteiger partial charge in [-0.05, 0) is 57.9 Å². The molecule has 0 bridgehead atoms. The first-order valence-corrected chi connectivity index (χ1v) is 10.8. The molecule has 0 N–H and O–H groups in total. The molecular weight excluding hydrogens is 491 g/mol. The fraction of sp³-hybridized carbons (Fsp3) is 0.0833. The van der Waals surface area contributed by atoms with Gasteiger partial charge in [0.1, 0.15) is 10.4 Å². The number of carbonyl (C=O) groups is 1. The molecule has 0 saturated heterocycles. The van der Waals surface area contributed by atoms with E-state index in [4.69, 9.17) is 0 Å². The highest BCUT2D eigenvalue weighted by molar-refractivity contribution is 9.10. The van der Waals surface area contributed by atoms with Crippen molar-refractivity contribution >= 4 is 38.1 Å². The summed E-state index contributed by atoms with van der Waals surface area (Å²) in [6.45, 7) is -0.0535. The average molecular weight is 507 g/mol. The summed E-state index contributed by atoms with van der Waals surface area (Å²) in [6.07, 6.45) is 1.72. The molecule has 0 aliphatic carbocycles. The number of nitrogens with zero attached hydrogens (tertiary/aromatic N) is 4. The minimum atomic E-state index is -0.596. The van der Waals surface area contributed by atoms with Gasteiger partial charge in [0.25, 0.3) is 5.56 Å². The second-order valence-electron chi connectivity index (χ2n) is 7.57. The number of halogens is 2. The highest BCUT2D eigenvalue weighted by Crippen LogP contribution is 2.23. The Kier molecular flexibility index (Phi) is 5.05. The first-order valence-electron chi connectivity index (χ1n) is 10.0. The zero-order chi connectivity index (χ0) is 23.3. The topological polar surface area (TPSA) is 78.4 Å². The number of carbonyl (C=O) groups excluding carboxylic acids is 1. The average Bonchev–Trinajstić information content (AvgIpc) is 3.17. The van der Waals surface area contributed by atoms with Crippen LogP contribution in [0.5, 0.6) is 0 Å². The van der Waals surface area contributed by atoms with E-state index in [1.165, 1.54) is 28.8 Å². The van der Waals surface area contributed by atoms with E-state index in [2.05, 4.69) is 20.9 Å². The monoisotopic (exact) mass is 506 g/mol. The summed E-state index contributed by atoms with van der Waals surface area (Å²) in [5, 5.41) is 0.121. The summed E-state index contributed by atoms with van der Waals surface area (Å²) in [6, 6.07) is 15.8. The lowest BCUT2D eigenvalue weighted by molar-refractivity contribution is 0.103. The van der Waals surface area contributed by atoms with Crippen LogP contribution in [0.1, 0.15) is 21.7 Å². The van der Waals surface area contributed by atoms with Crippen molar-refractivity contribution < 1.29 is 9.18 Å². The second-order valence-corrected chi connectivity index (χ2v) is 8.32.